The second-order valence-corrected chi connectivity index (χ2v) is 3.92. The van der Waals surface area contributed by atoms with Crippen LogP contribution in [0.5, 0.6) is 0 Å². The zero-order valence-corrected chi connectivity index (χ0v) is 10.3. The number of nitrogens with two attached hydrogens (primary N) is 1. The second-order valence-electron chi connectivity index (χ2n) is 3.49. The summed E-state index contributed by atoms with van der Waals surface area (Å²) in [5.74, 6) is -0.586. The molecule has 0 amide bonds. The largest absolute Gasteiger partial charge is 0.466 e. The number of esters is 1. The van der Waals surface area contributed by atoms with Gasteiger partial charge in [-0.25, -0.2) is 0 Å². The number of carbonyl (C=O) groups excluding carboxylic acids is 1. The van der Waals surface area contributed by atoms with E-state index in [9.17, 15) is 4.79 Å². The molecule has 1 unspecified atom stereocenters. The first kappa shape index (κ1) is 12.8. The first-order chi connectivity index (χ1) is 7.60. The summed E-state index contributed by atoms with van der Waals surface area (Å²) in [5.41, 5.74) is 7.15. The monoisotopic (exact) mass is 241 g/mol. The maximum absolute atomic E-state index is 11.7. The summed E-state index contributed by atoms with van der Waals surface area (Å²) in [6.07, 6.45) is 0.642. The minimum absolute atomic E-state index is 0.251. The third kappa shape index (κ3) is 2.89. The molecule has 0 fully saturated rings. The number of carbonyl (C=O) groups is 1. The summed E-state index contributed by atoms with van der Waals surface area (Å²) >= 11 is 5.89. The van der Waals surface area contributed by atoms with E-state index in [-0.39, 0.29) is 11.9 Å². The standard InChI is InChI=1S/C12H16ClNO2/c1-3-9(12(15)16-4-2)10-7-8(13)5-6-11(10)14/h5-7,9H,3-4,14H2,1-2H3. The van der Waals surface area contributed by atoms with Gasteiger partial charge in [0.15, 0.2) is 0 Å². The Kier molecular flexibility index (Phi) is 4.62. The number of halogens is 1. The van der Waals surface area contributed by atoms with Crippen molar-refractivity contribution in [1.82, 2.24) is 0 Å². The summed E-state index contributed by atoms with van der Waals surface area (Å²) < 4.78 is 5.01. The van der Waals surface area contributed by atoms with Crippen LogP contribution in [0.1, 0.15) is 31.7 Å². The lowest BCUT2D eigenvalue weighted by molar-refractivity contribution is -0.145. The highest BCUT2D eigenvalue weighted by Crippen LogP contribution is 2.29. The van der Waals surface area contributed by atoms with Crippen molar-refractivity contribution >= 4 is 23.3 Å². The molecule has 1 aromatic carbocycles. The quantitative estimate of drug-likeness (QED) is 0.651. The molecule has 88 valence electrons. The normalized spacial score (nSPS) is 12.2. The van der Waals surface area contributed by atoms with E-state index in [4.69, 9.17) is 22.1 Å². The Morgan fingerprint density at radius 3 is 2.75 bits per heavy atom. The van der Waals surface area contributed by atoms with Gasteiger partial charge in [0.1, 0.15) is 0 Å². The average Bonchev–Trinajstić information content (AvgIpc) is 2.24. The lowest BCUT2D eigenvalue weighted by atomic mass is 9.95. The van der Waals surface area contributed by atoms with E-state index in [1.54, 1.807) is 25.1 Å². The summed E-state index contributed by atoms with van der Waals surface area (Å²) in [7, 11) is 0. The maximum Gasteiger partial charge on any atom is 0.313 e. The van der Waals surface area contributed by atoms with E-state index in [0.717, 1.165) is 5.56 Å². The molecule has 0 saturated heterocycles. The van der Waals surface area contributed by atoms with Crippen LogP contribution in [0.25, 0.3) is 0 Å². The molecule has 0 aliphatic heterocycles. The van der Waals surface area contributed by atoms with Gasteiger partial charge in [-0.15, -0.1) is 0 Å². The lowest BCUT2D eigenvalue weighted by Gasteiger charge is -2.16. The zero-order valence-electron chi connectivity index (χ0n) is 9.50. The molecule has 0 radical (unpaired) electrons. The van der Waals surface area contributed by atoms with Crippen LogP contribution < -0.4 is 5.73 Å². The van der Waals surface area contributed by atoms with E-state index in [0.29, 0.717) is 23.7 Å². The van der Waals surface area contributed by atoms with Crippen molar-refractivity contribution in [2.24, 2.45) is 0 Å². The third-order valence-corrected chi connectivity index (χ3v) is 2.64. The van der Waals surface area contributed by atoms with E-state index >= 15 is 0 Å². The predicted molar refractivity (Wildman–Crippen MR) is 65.5 cm³/mol. The van der Waals surface area contributed by atoms with Crippen LogP contribution in [0, 0.1) is 0 Å². The lowest BCUT2D eigenvalue weighted by Crippen LogP contribution is -2.16. The van der Waals surface area contributed by atoms with Gasteiger partial charge < -0.3 is 10.5 Å². The number of nitrogen functional groups attached to an aromatic ring is 1. The molecule has 2 N–H and O–H groups in total. The van der Waals surface area contributed by atoms with Crippen LogP contribution in [-0.4, -0.2) is 12.6 Å². The molecule has 1 rings (SSSR count). The summed E-state index contributed by atoms with van der Waals surface area (Å²) in [4.78, 5) is 11.7. The third-order valence-electron chi connectivity index (χ3n) is 2.40. The first-order valence-corrected chi connectivity index (χ1v) is 5.69. The fraction of sp³-hybridized carbons (Fsp3) is 0.417. The van der Waals surface area contributed by atoms with Crippen LogP contribution in [0.2, 0.25) is 5.02 Å². The SMILES string of the molecule is CCOC(=O)C(CC)c1cc(Cl)ccc1N. The number of ether oxygens (including phenoxy) is 1. The molecule has 4 heteroatoms. The first-order valence-electron chi connectivity index (χ1n) is 5.31. The molecule has 3 nitrogen and oxygen atoms in total. The fourth-order valence-electron chi connectivity index (χ4n) is 1.60. The molecule has 16 heavy (non-hydrogen) atoms. The summed E-state index contributed by atoms with van der Waals surface area (Å²) in [6, 6.07) is 5.14. The zero-order chi connectivity index (χ0) is 12.1. The molecule has 0 bridgehead atoms. The van der Waals surface area contributed by atoms with Crippen LogP contribution in [0.15, 0.2) is 18.2 Å². The Morgan fingerprint density at radius 2 is 2.19 bits per heavy atom. The van der Waals surface area contributed by atoms with Crippen molar-refractivity contribution < 1.29 is 9.53 Å². The number of hydrogen-bond donors (Lipinski definition) is 1. The Morgan fingerprint density at radius 1 is 1.50 bits per heavy atom. The van der Waals surface area contributed by atoms with Crippen molar-refractivity contribution in [3.05, 3.63) is 28.8 Å². The molecule has 1 atom stereocenters. The topological polar surface area (TPSA) is 52.3 Å². The molecule has 0 aromatic heterocycles. The van der Waals surface area contributed by atoms with Gasteiger partial charge in [-0.05, 0) is 37.1 Å². The molecular formula is C12H16ClNO2. The molecule has 0 aliphatic rings. The van der Waals surface area contributed by atoms with Gasteiger partial charge in [0.25, 0.3) is 0 Å². The molecule has 0 heterocycles. The van der Waals surface area contributed by atoms with Crippen LogP contribution in [-0.2, 0) is 9.53 Å². The van der Waals surface area contributed by atoms with Crippen molar-refractivity contribution in [2.45, 2.75) is 26.2 Å². The van der Waals surface area contributed by atoms with Crippen LogP contribution >= 0.6 is 11.6 Å². The predicted octanol–water partition coefficient (Wildman–Crippen LogP) is 2.98. The second kappa shape index (κ2) is 5.75. The Balaban J connectivity index is 3.03. The maximum atomic E-state index is 11.7. The molecule has 0 saturated carbocycles. The minimum atomic E-state index is -0.335. The van der Waals surface area contributed by atoms with E-state index in [1.807, 2.05) is 6.92 Å². The highest BCUT2D eigenvalue weighted by Gasteiger charge is 2.22. The Labute approximate surface area is 101 Å². The van der Waals surface area contributed by atoms with Crippen molar-refractivity contribution in [3.63, 3.8) is 0 Å². The van der Waals surface area contributed by atoms with Crippen molar-refractivity contribution in [1.29, 1.82) is 0 Å². The highest BCUT2D eigenvalue weighted by atomic mass is 35.5. The minimum Gasteiger partial charge on any atom is -0.466 e. The summed E-state index contributed by atoms with van der Waals surface area (Å²) in [6.45, 7) is 4.07. The average molecular weight is 242 g/mol. The number of rotatable bonds is 4. The number of hydrogen-bond acceptors (Lipinski definition) is 3. The molecular weight excluding hydrogens is 226 g/mol. The van der Waals surface area contributed by atoms with Gasteiger partial charge in [0.05, 0.1) is 12.5 Å². The van der Waals surface area contributed by atoms with E-state index in [2.05, 4.69) is 0 Å². The number of benzene rings is 1. The Hall–Kier alpha value is -1.22. The Bertz CT molecular complexity index is 379. The van der Waals surface area contributed by atoms with E-state index in [1.165, 1.54) is 0 Å². The van der Waals surface area contributed by atoms with Gasteiger partial charge in [-0.1, -0.05) is 18.5 Å². The van der Waals surface area contributed by atoms with Gasteiger partial charge >= 0.3 is 5.97 Å². The molecule has 1 aromatic rings. The molecule has 0 aliphatic carbocycles. The number of anilines is 1. The van der Waals surface area contributed by atoms with Gasteiger partial charge in [-0.3, -0.25) is 4.79 Å². The smallest absolute Gasteiger partial charge is 0.313 e. The van der Waals surface area contributed by atoms with Gasteiger partial charge in [-0.2, -0.15) is 0 Å². The van der Waals surface area contributed by atoms with Crippen molar-refractivity contribution in [2.75, 3.05) is 12.3 Å². The summed E-state index contributed by atoms with van der Waals surface area (Å²) in [5, 5.41) is 0.576. The van der Waals surface area contributed by atoms with Gasteiger partial charge in [0, 0.05) is 10.7 Å². The fourth-order valence-corrected chi connectivity index (χ4v) is 1.78. The van der Waals surface area contributed by atoms with Crippen LogP contribution in [0.4, 0.5) is 5.69 Å². The van der Waals surface area contributed by atoms with Crippen molar-refractivity contribution in [3.8, 4) is 0 Å². The molecule has 0 spiro atoms. The van der Waals surface area contributed by atoms with E-state index < -0.39 is 0 Å². The van der Waals surface area contributed by atoms with Crippen LogP contribution in [0.3, 0.4) is 0 Å². The van der Waals surface area contributed by atoms with Gasteiger partial charge in [0.2, 0.25) is 0 Å². The highest BCUT2D eigenvalue weighted by molar-refractivity contribution is 6.30.